The predicted octanol–water partition coefficient (Wildman–Crippen LogP) is 0.850. The second-order valence-corrected chi connectivity index (χ2v) is 5.93. The number of nitrogens with one attached hydrogen (secondary N) is 2. The average molecular weight is 230 g/mol. The number of hydrogen-bond acceptors (Lipinski definition) is 4. The van der Waals surface area contributed by atoms with Crippen molar-refractivity contribution >= 4 is 11.8 Å². The minimum Gasteiger partial charge on any atom is -0.381 e. The van der Waals surface area contributed by atoms with Crippen LogP contribution in [0.15, 0.2) is 0 Å². The highest BCUT2D eigenvalue weighted by molar-refractivity contribution is 7.99. The Hall–Kier alpha value is 0.230. The first kappa shape index (κ1) is 11.7. The van der Waals surface area contributed by atoms with E-state index in [0.717, 1.165) is 39.1 Å². The van der Waals surface area contributed by atoms with Gasteiger partial charge in [0, 0.05) is 49.4 Å². The molecule has 0 aromatic rings. The molecule has 4 heteroatoms. The summed E-state index contributed by atoms with van der Waals surface area (Å²) in [7, 11) is 0. The van der Waals surface area contributed by atoms with Crippen LogP contribution in [0.5, 0.6) is 0 Å². The Balaban J connectivity index is 1.70. The number of hydrogen-bond donors (Lipinski definition) is 2. The fourth-order valence-electron chi connectivity index (χ4n) is 2.12. The molecule has 88 valence electrons. The van der Waals surface area contributed by atoms with Gasteiger partial charge in [-0.05, 0) is 19.8 Å². The zero-order chi connectivity index (χ0) is 10.6. The molecule has 0 aliphatic carbocycles. The molecular weight excluding hydrogens is 208 g/mol. The lowest BCUT2D eigenvalue weighted by atomic mass is 9.92. The molecular formula is C11H22N2OS. The molecule has 0 aromatic carbocycles. The third kappa shape index (κ3) is 3.63. The van der Waals surface area contributed by atoms with Crippen molar-refractivity contribution < 1.29 is 4.74 Å². The maximum absolute atomic E-state index is 5.40. The summed E-state index contributed by atoms with van der Waals surface area (Å²) in [5.74, 6) is 2.52. The van der Waals surface area contributed by atoms with Gasteiger partial charge in [0.15, 0.2) is 0 Å². The van der Waals surface area contributed by atoms with Gasteiger partial charge in [0.1, 0.15) is 0 Å². The van der Waals surface area contributed by atoms with Crippen molar-refractivity contribution in [3.63, 3.8) is 0 Å². The summed E-state index contributed by atoms with van der Waals surface area (Å²) in [5.41, 5.74) is 0.308. The molecule has 1 atom stereocenters. The molecule has 2 aliphatic rings. The van der Waals surface area contributed by atoms with E-state index < -0.39 is 0 Å². The molecule has 2 saturated heterocycles. The van der Waals surface area contributed by atoms with Crippen molar-refractivity contribution in [2.24, 2.45) is 0 Å². The van der Waals surface area contributed by atoms with E-state index in [9.17, 15) is 0 Å². The van der Waals surface area contributed by atoms with Crippen molar-refractivity contribution in [3.05, 3.63) is 0 Å². The molecule has 3 nitrogen and oxygen atoms in total. The van der Waals surface area contributed by atoms with Gasteiger partial charge in [-0.1, -0.05) is 0 Å². The number of ether oxygens (including phenoxy) is 1. The smallest absolute Gasteiger partial charge is 0.0483 e. The highest BCUT2D eigenvalue weighted by atomic mass is 32.2. The topological polar surface area (TPSA) is 33.3 Å². The molecule has 2 rings (SSSR count). The fraction of sp³-hybridized carbons (Fsp3) is 1.00. The largest absolute Gasteiger partial charge is 0.381 e. The normalized spacial score (nSPS) is 31.4. The van der Waals surface area contributed by atoms with Gasteiger partial charge >= 0.3 is 0 Å². The number of thioether (sulfide) groups is 1. The average Bonchev–Trinajstić information content (AvgIpc) is 2.29. The lowest BCUT2D eigenvalue weighted by Crippen LogP contribution is -2.53. The van der Waals surface area contributed by atoms with Crippen molar-refractivity contribution in [2.45, 2.75) is 31.3 Å². The van der Waals surface area contributed by atoms with E-state index >= 15 is 0 Å². The Bertz CT molecular complexity index is 189. The van der Waals surface area contributed by atoms with E-state index in [2.05, 4.69) is 29.3 Å². The highest BCUT2D eigenvalue weighted by Crippen LogP contribution is 2.19. The van der Waals surface area contributed by atoms with E-state index in [-0.39, 0.29) is 0 Å². The first-order valence-corrected chi connectivity index (χ1v) is 7.08. The van der Waals surface area contributed by atoms with Crippen LogP contribution in [0.1, 0.15) is 19.8 Å². The third-order valence-corrected chi connectivity index (χ3v) is 4.50. The molecule has 0 amide bonds. The first-order valence-electron chi connectivity index (χ1n) is 5.92. The van der Waals surface area contributed by atoms with Crippen LogP contribution in [-0.4, -0.2) is 49.4 Å². The lowest BCUT2D eigenvalue weighted by Gasteiger charge is -2.36. The standard InChI is InChI=1S/C11H22N2OS/c1-11(2-5-14-6-3-11)13-8-10-9-15-7-4-12-10/h10,12-13H,2-9H2,1H3. The van der Waals surface area contributed by atoms with E-state index in [4.69, 9.17) is 4.74 Å². The van der Waals surface area contributed by atoms with Crippen molar-refractivity contribution in [2.75, 3.05) is 37.8 Å². The maximum Gasteiger partial charge on any atom is 0.0483 e. The van der Waals surface area contributed by atoms with Crippen LogP contribution < -0.4 is 10.6 Å². The molecule has 0 spiro atoms. The quantitative estimate of drug-likeness (QED) is 0.753. The zero-order valence-electron chi connectivity index (χ0n) is 9.55. The van der Waals surface area contributed by atoms with Crippen LogP contribution >= 0.6 is 11.8 Å². The Morgan fingerprint density at radius 2 is 2.27 bits per heavy atom. The van der Waals surface area contributed by atoms with Crippen LogP contribution in [0.4, 0.5) is 0 Å². The van der Waals surface area contributed by atoms with E-state index in [1.54, 1.807) is 0 Å². The highest BCUT2D eigenvalue weighted by Gasteiger charge is 2.27. The lowest BCUT2D eigenvalue weighted by molar-refractivity contribution is 0.0447. The molecule has 2 heterocycles. The Kier molecular flexibility index (Phi) is 4.31. The molecule has 0 aromatic heterocycles. The van der Waals surface area contributed by atoms with Gasteiger partial charge in [0.2, 0.25) is 0 Å². The van der Waals surface area contributed by atoms with Crippen LogP contribution in [0.2, 0.25) is 0 Å². The molecule has 1 unspecified atom stereocenters. The maximum atomic E-state index is 5.40. The summed E-state index contributed by atoms with van der Waals surface area (Å²) in [5, 5.41) is 7.27. The molecule has 0 radical (unpaired) electrons. The van der Waals surface area contributed by atoms with Gasteiger partial charge < -0.3 is 15.4 Å². The minimum absolute atomic E-state index is 0.308. The van der Waals surface area contributed by atoms with Gasteiger partial charge in [-0.3, -0.25) is 0 Å². The van der Waals surface area contributed by atoms with Crippen LogP contribution in [0.3, 0.4) is 0 Å². The van der Waals surface area contributed by atoms with Gasteiger partial charge in [0.05, 0.1) is 0 Å². The Morgan fingerprint density at radius 3 is 2.93 bits per heavy atom. The minimum atomic E-state index is 0.308. The van der Waals surface area contributed by atoms with Gasteiger partial charge in [0.25, 0.3) is 0 Å². The summed E-state index contributed by atoms with van der Waals surface area (Å²) in [6, 6.07) is 0.656. The van der Waals surface area contributed by atoms with Crippen molar-refractivity contribution in [1.82, 2.24) is 10.6 Å². The van der Waals surface area contributed by atoms with E-state index in [0.29, 0.717) is 11.6 Å². The monoisotopic (exact) mass is 230 g/mol. The molecule has 0 bridgehead atoms. The Morgan fingerprint density at radius 1 is 1.47 bits per heavy atom. The predicted molar refractivity (Wildman–Crippen MR) is 65.6 cm³/mol. The summed E-state index contributed by atoms with van der Waals surface area (Å²) in [6.07, 6.45) is 2.29. The molecule has 0 saturated carbocycles. The second kappa shape index (κ2) is 5.53. The third-order valence-electron chi connectivity index (χ3n) is 3.37. The summed E-state index contributed by atoms with van der Waals surface area (Å²) in [6.45, 7) is 6.42. The first-order chi connectivity index (χ1) is 7.29. The molecule has 2 fully saturated rings. The van der Waals surface area contributed by atoms with E-state index in [1.165, 1.54) is 11.5 Å². The summed E-state index contributed by atoms with van der Waals surface area (Å²) in [4.78, 5) is 0. The second-order valence-electron chi connectivity index (χ2n) is 4.78. The van der Waals surface area contributed by atoms with Crippen LogP contribution in [0, 0.1) is 0 Å². The van der Waals surface area contributed by atoms with Crippen molar-refractivity contribution in [3.8, 4) is 0 Å². The van der Waals surface area contributed by atoms with Gasteiger partial charge in [-0.2, -0.15) is 11.8 Å². The van der Waals surface area contributed by atoms with Crippen molar-refractivity contribution in [1.29, 1.82) is 0 Å². The number of rotatable bonds is 3. The zero-order valence-corrected chi connectivity index (χ0v) is 10.4. The Labute approximate surface area is 96.7 Å². The van der Waals surface area contributed by atoms with Crippen LogP contribution in [0.25, 0.3) is 0 Å². The fourth-order valence-corrected chi connectivity index (χ4v) is 3.07. The SMILES string of the molecule is CC1(NCC2CSCCN2)CCOCC1. The summed E-state index contributed by atoms with van der Waals surface area (Å²) < 4.78 is 5.40. The van der Waals surface area contributed by atoms with E-state index in [1.807, 2.05) is 0 Å². The van der Waals surface area contributed by atoms with Crippen LogP contribution in [-0.2, 0) is 4.74 Å². The summed E-state index contributed by atoms with van der Waals surface area (Å²) >= 11 is 2.06. The molecule has 2 N–H and O–H groups in total. The van der Waals surface area contributed by atoms with Gasteiger partial charge in [-0.15, -0.1) is 0 Å². The van der Waals surface area contributed by atoms with Gasteiger partial charge in [-0.25, -0.2) is 0 Å². The molecule has 2 aliphatic heterocycles. The molecule has 15 heavy (non-hydrogen) atoms.